The normalized spacial score (nSPS) is 26.1. The summed E-state index contributed by atoms with van der Waals surface area (Å²) in [6, 6.07) is 0.450. The number of nitrogens with one attached hydrogen (secondary N) is 2. The maximum absolute atomic E-state index is 12.7. The Morgan fingerprint density at radius 2 is 1.72 bits per heavy atom. The molecule has 0 unspecified atom stereocenters. The molecule has 2 saturated carbocycles. The molecule has 2 aliphatic carbocycles. The number of unbranched alkanes of at least 4 members (excludes halogenated alkanes) is 1. The van der Waals surface area contributed by atoms with Gasteiger partial charge in [0.1, 0.15) is 0 Å². The molecule has 0 atom stereocenters. The minimum absolute atomic E-state index is 0. The highest BCUT2D eigenvalue weighted by Crippen LogP contribution is 2.29. The van der Waals surface area contributed by atoms with Gasteiger partial charge in [-0.2, -0.15) is 11.8 Å². The minimum Gasteiger partial charge on any atom is -0.356 e. The quantitative estimate of drug-likeness (QED) is 0.221. The Balaban J connectivity index is 0.00000300. The molecule has 1 amide bonds. The zero-order chi connectivity index (χ0) is 19.6. The highest BCUT2D eigenvalue weighted by Gasteiger charge is 2.30. The molecular weight excluding hydrogens is 495 g/mol. The monoisotopic (exact) mass is 536 g/mol. The molecule has 29 heavy (non-hydrogen) atoms. The molecule has 0 aromatic heterocycles. The standard InChI is InChI=1S/C22H40N4OS.HI/c1-23-22(24-13-5-4-8-18-6-2-3-7-18)25-20-11-9-19(10-12-20)21(27)26-14-16-28-17-15-26;/h18-20H,2-17H2,1H3,(H2,23,24,25);1H. The number of carbonyl (C=O) groups excluding carboxylic acids is 1. The summed E-state index contributed by atoms with van der Waals surface area (Å²) in [5, 5.41) is 7.08. The van der Waals surface area contributed by atoms with Crippen LogP contribution in [0.1, 0.15) is 70.6 Å². The summed E-state index contributed by atoms with van der Waals surface area (Å²) in [5.74, 6) is 4.79. The molecule has 1 saturated heterocycles. The average Bonchev–Trinajstić information content (AvgIpc) is 3.27. The number of amides is 1. The van der Waals surface area contributed by atoms with Crippen molar-refractivity contribution >= 4 is 47.6 Å². The van der Waals surface area contributed by atoms with Crippen molar-refractivity contribution in [1.82, 2.24) is 15.5 Å². The Bertz CT molecular complexity index is 499. The second-order valence-corrected chi connectivity index (χ2v) is 10.0. The number of rotatable bonds is 7. The SMILES string of the molecule is CN=C(NCCCCC1CCCC1)NC1CCC(C(=O)N2CCSCC2)CC1.I. The van der Waals surface area contributed by atoms with E-state index in [4.69, 9.17) is 0 Å². The number of hydrogen-bond acceptors (Lipinski definition) is 3. The van der Waals surface area contributed by atoms with E-state index in [9.17, 15) is 4.79 Å². The number of carbonyl (C=O) groups is 1. The summed E-state index contributed by atoms with van der Waals surface area (Å²) in [4.78, 5) is 19.2. The fraction of sp³-hybridized carbons (Fsp3) is 0.909. The largest absolute Gasteiger partial charge is 0.356 e. The van der Waals surface area contributed by atoms with E-state index in [1.165, 1.54) is 44.9 Å². The van der Waals surface area contributed by atoms with E-state index in [1.807, 2.05) is 18.8 Å². The molecule has 5 nitrogen and oxygen atoms in total. The number of guanidine groups is 1. The van der Waals surface area contributed by atoms with E-state index in [1.54, 1.807) is 0 Å². The van der Waals surface area contributed by atoms with Crippen molar-refractivity contribution in [3.63, 3.8) is 0 Å². The lowest BCUT2D eigenvalue weighted by Crippen LogP contribution is -2.47. The highest BCUT2D eigenvalue weighted by atomic mass is 127. The molecule has 3 fully saturated rings. The van der Waals surface area contributed by atoms with Gasteiger partial charge in [0.15, 0.2) is 5.96 Å². The van der Waals surface area contributed by atoms with Gasteiger partial charge in [0.05, 0.1) is 0 Å². The molecular formula is C22H41IN4OS. The van der Waals surface area contributed by atoms with Crippen LogP contribution in [0.5, 0.6) is 0 Å². The van der Waals surface area contributed by atoms with E-state index in [-0.39, 0.29) is 29.9 Å². The van der Waals surface area contributed by atoms with E-state index >= 15 is 0 Å². The summed E-state index contributed by atoms with van der Waals surface area (Å²) >= 11 is 1.96. The molecule has 1 aliphatic heterocycles. The molecule has 0 bridgehead atoms. The first kappa shape index (κ1) is 25.1. The van der Waals surface area contributed by atoms with Crippen LogP contribution in [0.4, 0.5) is 0 Å². The maximum Gasteiger partial charge on any atom is 0.225 e. The van der Waals surface area contributed by atoms with Crippen LogP contribution in [-0.4, -0.2) is 61.0 Å². The third-order valence-electron chi connectivity index (χ3n) is 6.77. The van der Waals surface area contributed by atoms with Crippen LogP contribution in [0.15, 0.2) is 4.99 Å². The van der Waals surface area contributed by atoms with Gasteiger partial charge in [-0.15, -0.1) is 24.0 Å². The van der Waals surface area contributed by atoms with E-state index in [2.05, 4.69) is 20.5 Å². The lowest BCUT2D eigenvalue weighted by atomic mass is 9.85. The van der Waals surface area contributed by atoms with Crippen molar-refractivity contribution < 1.29 is 4.79 Å². The Morgan fingerprint density at radius 3 is 2.38 bits per heavy atom. The zero-order valence-electron chi connectivity index (χ0n) is 18.2. The second kappa shape index (κ2) is 14.0. The average molecular weight is 537 g/mol. The van der Waals surface area contributed by atoms with E-state index in [0.29, 0.717) is 11.9 Å². The lowest BCUT2D eigenvalue weighted by Gasteiger charge is -2.34. The van der Waals surface area contributed by atoms with Crippen LogP contribution in [0.3, 0.4) is 0 Å². The third-order valence-corrected chi connectivity index (χ3v) is 7.71. The van der Waals surface area contributed by atoms with Crippen LogP contribution in [0, 0.1) is 11.8 Å². The second-order valence-electron chi connectivity index (χ2n) is 8.78. The fourth-order valence-electron chi connectivity index (χ4n) is 4.98. The van der Waals surface area contributed by atoms with Crippen molar-refractivity contribution in [1.29, 1.82) is 0 Å². The number of nitrogens with zero attached hydrogens (tertiary/aromatic N) is 2. The van der Waals surface area contributed by atoms with Gasteiger partial charge < -0.3 is 15.5 Å². The van der Waals surface area contributed by atoms with Gasteiger partial charge in [0, 0.05) is 50.1 Å². The first-order valence-corrected chi connectivity index (χ1v) is 12.8. The molecule has 0 spiro atoms. The topological polar surface area (TPSA) is 56.7 Å². The predicted octanol–water partition coefficient (Wildman–Crippen LogP) is 4.26. The van der Waals surface area contributed by atoms with Crippen molar-refractivity contribution in [2.75, 3.05) is 38.2 Å². The minimum atomic E-state index is 0. The summed E-state index contributed by atoms with van der Waals surface area (Å²) < 4.78 is 0. The lowest BCUT2D eigenvalue weighted by molar-refractivity contribution is -0.136. The van der Waals surface area contributed by atoms with Crippen LogP contribution in [0.2, 0.25) is 0 Å². The Hall–Kier alpha value is -0.180. The van der Waals surface area contributed by atoms with Gasteiger partial charge in [-0.25, -0.2) is 0 Å². The van der Waals surface area contributed by atoms with Crippen molar-refractivity contribution in [2.45, 2.75) is 76.7 Å². The van der Waals surface area contributed by atoms with Crippen LogP contribution in [0.25, 0.3) is 0 Å². The first-order chi connectivity index (χ1) is 13.8. The van der Waals surface area contributed by atoms with Gasteiger partial charge in [-0.3, -0.25) is 9.79 Å². The Kier molecular flexibility index (Phi) is 12.1. The summed E-state index contributed by atoms with van der Waals surface area (Å²) in [5.41, 5.74) is 0. The highest BCUT2D eigenvalue weighted by molar-refractivity contribution is 14.0. The van der Waals surface area contributed by atoms with Gasteiger partial charge in [0.2, 0.25) is 5.91 Å². The summed E-state index contributed by atoms with van der Waals surface area (Å²) in [7, 11) is 1.86. The fourth-order valence-corrected chi connectivity index (χ4v) is 5.88. The zero-order valence-corrected chi connectivity index (χ0v) is 21.3. The van der Waals surface area contributed by atoms with Crippen molar-refractivity contribution in [3.8, 4) is 0 Å². The third kappa shape index (κ3) is 8.46. The van der Waals surface area contributed by atoms with Crippen LogP contribution >= 0.6 is 35.7 Å². The Morgan fingerprint density at radius 1 is 1.03 bits per heavy atom. The number of hydrogen-bond donors (Lipinski definition) is 2. The maximum atomic E-state index is 12.7. The molecule has 3 rings (SSSR count). The van der Waals surface area contributed by atoms with E-state index in [0.717, 1.165) is 68.7 Å². The molecule has 2 N–H and O–H groups in total. The predicted molar refractivity (Wildman–Crippen MR) is 135 cm³/mol. The van der Waals surface area contributed by atoms with Gasteiger partial charge in [0.25, 0.3) is 0 Å². The molecule has 1 heterocycles. The van der Waals surface area contributed by atoms with Gasteiger partial charge in [-0.05, 0) is 38.0 Å². The van der Waals surface area contributed by atoms with Crippen LogP contribution in [-0.2, 0) is 4.79 Å². The number of thioether (sulfide) groups is 1. The molecule has 0 radical (unpaired) electrons. The first-order valence-electron chi connectivity index (χ1n) is 11.6. The Labute approximate surface area is 199 Å². The number of aliphatic imine (C=N–C) groups is 1. The molecule has 7 heteroatoms. The molecule has 0 aromatic carbocycles. The van der Waals surface area contributed by atoms with Gasteiger partial charge >= 0.3 is 0 Å². The molecule has 168 valence electrons. The smallest absolute Gasteiger partial charge is 0.225 e. The van der Waals surface area contributed by atoms with Gasteiger partial charge in [-0.1, -0.05) is 38.5 Å². The van der Waals surface area contributed by atoms with Crippen molar-refractivity contribution in [2.24, 2.45) is 16.8 Å². The summed E-state index contributed by atoms with van der Waals surface area (Å²) in [6.07, 6.45) is 13.9. The molecule has 3 aliphatic rings. The van der Waals surface area contributed by atoms with Crippen molar-refractivity contribution in [3.05, 3.63) is 0 Å². The summed E-state index contributed by atoms with van der Waals surface area (Å²) in [6.45, 7) is 2.89. The molecule has 0 aromatic rings. The van der Waals surface area contributed by atoms with Crippen LogP contribution < -0.4 is 10.6 Å². The van der Waals surface area contributed by atoms with E-state index < -0.39 is 0 Å². The number of halogens is 1.